The first-order chi connectivity index (χ1) is 13.0. The highest BCUT2D eigenvalue weighted by Gasteiger charge is 2.37. The fourth-order valence-corrected chi connectivity index (χ4v) is 4.89. The van der Waals surface area contributed by atoms with Crippen molar-refractivity contribution in [2.45, 2.75) is 109 Å². The van der Waals surface area contributed by atoms with E-state index in [-0.39, 0.29) is 11.6 Å². The normalized spacial score (nSPS) is 21.0. The van der Waals surface area contributed by atoms with Crippen molar-refractivity contribution in [3.05, 3.63) is 35.9 Å². The van der Waals surface area contributed by atoms with Gasteiger partial charge in [-0.2, -0.15) is 0 Å². The van der Waals surface area contributed by atoms with Crippen LogP contribution in [0, 0.1) is 0 Å². The Morgan fingerprint density at radius 2 is 1.37 bits per heavy atom. The maximum atomic E-state index is 14.0. The van der Waals surface area contributed by atoms with Crippen LogP contribution in [0.15, 0.2) is 30.3 Å². The Labute approximate surface area is 165 Å². The number of hydrogen-bond donors (Lipinski definition) is 1. The molecule has 3 heteroatoms. The van der Waals surface area contributed by atoms with Gasteiger partial charge in [0.2, 0.25) is 5.91 Å². The van der Waals surface area contributed by atoms with E-state index in [0.29, 0.717) is 18.0 Å². The molecule has 0 heterocycles. The lowest BCUT2D eigenvalue weighted by Crippen LogP contribution is -2.54. The number of carbonyl (C=O) groups is 1. The van der Waals surface area contributed by atoms with Crippen molar-refractivity contribution in [3.8, 4) is 0 Å². The molecule has 2 fully saturated rings. The van der Waals surface area contributed by atoms with E-state index in [1.165, 1.54) is 64.2 Å². The lowest BCUT2D eigenvalue weighted by Gasteiger charge is -2.44. The van der Waals surface area contributed by atoms with Crippen LogP contribution in [0.3, 0.4) is 0 Å². The molecule has 2 aliphatic rings. The van der Waals surface area contributed by atoms with E-state index in [0.717, 1.165) is 5.56 Å². The van der Waals surface area contributed by atoms with Gasteiger partial charge in [-0.1, -0.05) is 68.9 Å². The highest BCUT2D eigenvalue weighted by atomic mass is 16.2. The molecule has 1 atom stereocenters. The molecule has 0 bridgehead atoms. The summed E-state index contributed by atoms with van der Waals surface area (Å²) in [4.78, 5) is 16.3. The summed E-state index contributed by atoms with van der Waals surface area (Å²) in [6.07, 6.45) is 12.4. The molecule has 1 amide bonds. The molecule has 1 unspecified atom stereocenters. The van der Waals surface area contributed by atoms with Crippen LogP contribution in [0.5, 0.6) is 0 Å². The van der Waals surface area contributed by atoms with Gasteiger partial charge in [0.15, 0.2) is 0 Å². The Balaban J connectivity index is 1.90. The van der Waals surface area contributed by atoms with Crippen molar-refractivity contribution in [1.29, 1.82) is 0 Å². The number of benzene rings is 1. The summed E-state index contributed by atoms with van der Waals surface area (Å²) in [6, 6.07) is 10.9. The van der Waals surface area contributed by atoms with E-state index in [1.54, 1.807) is 0 Å². The summed E-state index contributed by atoms with van der Waals surface area (Å²) < 4.78 is 0. The Kier molecular flexibility index (Phi) is 6.97. The predicted molar refractivity (Wildman–Crippen MR) is 113 cm³/mol. The third-order valence-corrected chi connectivity index (χ3v) is 6.15. The molecule has 0 saturated heterocycles. The van der Waals surface area contributed by atoms with Crippen molar-refractivity contribution >= 4 is 5.91 Å². The molecule has 150 valence electrons. The van der Waals surface area contributed by atoms with E-state index >= 15 is 0 Å². The summed E-state index contributed by atoms with van der Waals surface area (Å²) >= 11 is 0. The van der Waals surface area contributed by atoms with Crippen molar-refractivity contribution in [2.75, 3.05) is 0 Å². The number of rotatable bonds is 5. The summed E-state index contributed by atoms with van der Waals surface area (Å²) in [5.74, 6) is 0.301. The van der Waals surface area contributed by atoms with Gasteiger partial charge in [0, 0.05) is 17.6 Å². The SMILES string of the molecule is CC(C)(C)NC(C(=O)N(C1CCCCC1)C1CCCCC1)c1ccccc1. The average molecular weight is 371 g/mol. The second-order valence-corrected chi connectivity index (χ2v) is 9.57. The summed E-state index contributed by atoms with van der Waals surface area (Å²) in [5, 5.41) is 3.64. The molecule has 1 N–H and O–H groups in total. The quantitative estimate of drug-likeness (QED) is 0.730. The molecule has 0 aliphatic heterocycles. The molecular weight excluding hydrogens is 332 g/mol. The number of carbonyl (C=O) groups excluding carboxylic acids is 1. The lowest BCUT2D eigenvalue weighted by atomic mass is 9.87. The molecule has 1 aromatic carbocycles. The Hall–Kier alpha value is -1.35. The van der Waals surface area contributed by atoms with Gasteiger partial charge in [0.25, 0.3) is 0 Å². The zero-order valence-corrected chi connectivity index (χ0v) is 17.5. The standard InChI is InChI=1S/C24H38N2O/c1-24(2,3)25-22(19-13-7-4-8-14-19)23(27)26(20-15-9-5-10-16-20)21-17-11-6-12-18-21/h4,7-8,13-14,20-22,25H,5-6,9-12,15-18H2,1-3H3. The third kappa shape index (κ3) is 5.57. The molecule has 27 heavy (non-hydrogen) atoms. The number of hydrogen-bond acceptors (Lipinski definition) is 2. The predicted octanol–water partition coefficient (Wildman–Crippen LogP) is 5.61. The maximum Gasteiger partial charge on any atom is 0.244 e. The Morgan fingerprint density at radius 1 is 0.889 bits per heavy atom. The molecular formula is C24H38N2O. The minimum atomic E-state index is -0.255. The van der Waals surface area contributed by atoms with Crippen LogP contribution in [0.1, 0.15) is 96.6 Å². The number of nitrogens with one attached hydrogen (secondary N) is 1. The van der Waals surface area contributed by atoms with E-state index in [1.807, 2.05) is 18.2 Å². The first-order valence-corrected chi connectivity index (χ1v) is 11.1. The van der Waals surface area contributed by atoms with Crippen molar-refractivity contribution in [1.82, 2.24) is 10.2 Å². The van der Waals surface area contributed by atoms with Crippen LogP contribution in [0.25, 0.3) is 0 Å². The van der Waals surface area contributed by atoms with Crippen LogP contribution >= 0.6 is 0 Å². The number of nitrogens with zero attached hydrogens (tertiary/aromatic N) is 1. The molecule has 2 saturated carbocycles. The first-order valence-electron chi connectivity index (χ1n) is 11.1. The molecule has 0 aromatic heterocycles. The fraction of sp³-hybridized carbons (Fsp3) is 0.708. The van der Waals surface area contributed by atoms with Crippen LogP contribution in [0.2, 0.25) is 0 Å². The Bertz CT molecular complexity index is 562. The van der Waals surface area contributed by atoms with Gasteiger partial charge in [-0.05, 0) is 52.0 Å². The summed E-state index contributed by atoms with van der Waals surface area (Å²) in [7, 11) is 0. The second-order valence-electron chi connectivity index (χ2n) is 9.57. The lowest BCUT2D eigenvalue weighted by molar-refractivity contribution is -0.141. The second kappa shape index (κ2) is 9.23. The van der Waals surface area contributed by atoms with Crippen LogP contribution < -0.4 is 5.32 Å². The molecule has 2 aliphatic carbocycles. The van der Waals surface area contributed by atoms with E-state index < -0.39 is 0 Å². The largest absolute Gasteiger partial charge is 0.335 e. The van der Waals surface area contributed by atoms with E-state index in [2.05, 4.69) is 43.1 Å². The number of amides is 1. The average Bonchev–Trinajstić information content (AvgIpc) is 2.68. The zero-order valence-electron chi connectivity index (χ0n) is 17.5. The highest BCUT2D eigenvalue weighted by molar-refractivity contribution is 5.84. The van der Waals surface area contributed by atoms with Gasteiger partial charge < -0.3 is 4.90 Å². The topological polar surface area (TPSA) is 32.3 Å². The molecule has 0 spiro atoms. The van der Waals surface area contributed by atoms with Gasteiger partial charge in [-0.15, -0.1) is 0 Å². The molecule has 0 radical (unpaired) electrons. The van der Waals surface area contributed by atoms with Gasteiger partial charge >= 0.3 is 0 Å². The minimum absolute atomic E-state index is 0.110. The molecule has 1 aromatic rings. The smallest absolute Gasteiger partial charge is 0.244 e. The molecule has 3 rings (SSSR count). The fourth-order valence-electron chi connectivity index (χ4n) is 4.89. The van der Waals surface area contributed by atoms with Gasteiger partial charge in [0.05, 0.1) is 0 Å². The van der Waals surface area contributed by atoms with Crippen LogP contribution in [-0.2, 0) is 4.79 Å². The summed E-state index contributed by atoms with van der Waals surface area (Å²) in [5.41, 5.74) is 0.982. The van der Waals surface area contributed by atoms with E-state index in [9.17, 15) is 4.79 Å². The maximum absolute atomic E-state index is 14.0. The highest BCUT2D eigenvalue weighted by Crippen LogP contribution is 2.33. The van der Waals surface area contributed by atoms with E-state index in [4.69, 9.17) is 0 Å². The summed E-state index contributed by atoms with van der Waals surface area (Å²) in [6.45, 7) is 6.46. The van der Waals surface area contributed by atoms with Crippen molar-refractivity contribution in [2.24, 2.45) is 0 Å². The van der Waals surface area contributed by atoms with Gasteiger partial charge in [0.1, 0.15) is 6.04 Å². The monoisotopic (exact) mass is 370 g/mol. The van der Waals surface area contributed by atoms with Gasteiger partial charge in [-0.3, -0.25) is 10.1 Å². The first kappa shape index (κ1) is 20.4. The van der Waals surface area contributed by atoms with Crippen molar-refractivity contribution in [3.63, 3.8) is 0 Å². The minimum Gasteiger partial charge on any atom is -0.335 e. The zero-order chi connectivity index (χ0) is 19.3. The van der Waals surface area contributed by atoms with Crippen LogP contribution in [0.4, 0.5) is 0 Å². The Morgan fingerprint density at radius 3 is 1.81 bits per heavy atom. The van der Waals surface area contributed by atoms with Crippen molar-refractivity contribution < 1.29 is 4.79 Å². The van der Waals surface area contributed by atoms with Crippen LogP contribution in [-0.4, -0.2) is 28.4 Å². The van der Waals surface area contributed by atoms with Gasteiger partial charge in [-0.25, -0.2) is 0 Å². The third-order valence-electron chi connectivity index (χ3n) is 6.15. The molecule has 3 nitrogen and oxygen atoms in total.